The van der Waals surface area contributed by atoms with Crippen LogP contribution in [-0.4, -0.2) is 16.1 Å². The van der Waals surface area contributed by atoms with Crippen molar-refractivity contribution in [3.8, 4) is 22.3 Å². The predicted octanol–water partition coefficient (Wildman–Crippen LogP) is 16.8. The maximum absolute atomic E-state index is 16.9. The molecule has 68 heavy (non-hydrogen) atoms. The molecule has 10 aromatic carbocycles. The lowest BCUT2D eigenvalue weighted by Crippen LogP contribution is -2.37. The summed E-state index contributed by atoms with van der Waals surface area (Å²) in [6, 6.07) is 47.3. The van der Waals surface area contributed by atoms with Crippen molar-refractivity contribution in [3.63, 3.8) is 0 Å². The number of nitrogens with zero attached hydrogens (tertiary/aromatic N) is 2. The summed E-state index contributed by atoms with van der Waals surface area (Å²) in [6.45, 7) is 13.5. The zero-order valence-corrected chi connectivity index (χ0v) is 40.3. The van der Waals surface area contributed by atoms with Crippen molar-refractivity contribution in [2.45, 2.75) is 39.3 Å². The van der Waals surface area contributed by atoms with Gasteiger partial charge in [0.1, 0.15) is 23.3 Å². The van der Waals surface area contributed by atoms with Gasteiger partial charge in [-0.05, 0) is 105 Å². The van der Waals surface area contributed by atoms with Gasteiger partial charge in [0.25, 0.3) is 0 Å². The first-order valence-corrected chi connectivity index (χ1v) is 29.5. The van der Waals surface area contributed by atoms with Gasteiger partial charge in [-0.2, -0.15) is 0 Å². The smallest absolute Gasteiger partial charge is 0.150 e. The minimum Gasteiger partial charge on any atom is -0.307 e. The van der Waals surface area contributed by atoms with E-state index in [1.165, 1.54) is 58.9 Å². The molecular formula is C58H46F6N2Si2. The van der Waals surface area contributed by atoms with Crippen LogP contribution >= 0.6 is 0 Å². The van der Waals surface area contributed by atoms with Crippen LogP contribution in [0.5, 0.6) is 0 Å². The highest BCUT2D eigenvalue weighted by Crippen LogP contribution is 2.51. The first-order chi connectivity index (χ1) is 32.4. The Morgan fingerprint density at radius 3 is 1.07 bits per heavy atom. The van der Waals surface area contributed by atoms with Gasteiger partial charge < -0.3 is 9.80 Å². The van der Waals surface area contributed by atoms with E-state index >= 15 is 17.6 Å². The Labute approximate surface area is 393 Å². The molecule has 338 valence electrons. The van der Waals surface area contributed by atoms with E-state index in [1.807, 2.05) is 72.8 Å². The lowest BCUT2D eigenvalue weighted by atomic mass is 9.91. The summed E-state index contributed by atoms with van der Waals surface area (Å²) in [5.74, 6) is -4.38. The lowest BCUT2D eigenvalue weighted by Gasteiger charge is -2.32. The van der Waals surface area contributed by atoms with Crippen LogP contribution in [0.2, 0.25) is 39.3 Å². The summed E-state index contributed by atoms with van der Waals surface area (Å²) in [4.78, 5) is 3.56. The van der Waals surface area contributed by atoms with Gasteiger partial charge in [0.05, 0.1) is 38.9 Å². The van der Waals surface area contributed by atoms with E-state index in [0.29, 0.717) is 33.9 Å². The fraction of sp³-hybridized carbons (Fsp3) is 0.103. The Balaban J connectivity index is 1.27. The van der Waals surface area contributed by atoms with Gasteiger partial charge in [-0.15, -0.1) is 0 Å². The van der Waals surface area contributed by atoms with E-state index in [2.05, 4.69) is 63.5 Å². The summed E-state index contributed by atoms with van der Waals surface area (Å²) >= 11 is 0. The lowest BCUT2D eigenvalue weighted by molar-refractivity contribution is 0.584. The molecule has 0 fully saturated rings. The van der Waals surface area contributed by atoms with Crippen molar-refractivity contribution >= 4 is 93.0 Å². The number of hydrogen-bond acceptors (Lipinski definition) is 2. The first-order valence-electron chi connectivity index (χ1n) is 22.5. The minimum atomic E-state index is -1.78. The highest BCUT2D eigenvalue weighted by Gasteiger charge is 2.29. The Morgan fingerprint density at radius 1 is 0.353 bits per heavy atom. The largest absolute Gasteiger partial charge is 0.307 e. The van der Waals surface area contributed by atoms with E-state index in [0.717, 1.165) is 44.5 Å². The minimum absolute atomic E-state index is 0.0399. The second kappa shape index (κ2) is 16.9. The van der Waals surface area contributed by atoms with Gasteiger partial charge in [0.2, 0.25) is 0 Å². The molecule has 0 amide bonds. The van der Waals surface area contributed by atoms with Crippen molar-refractivity contribution in [1.29, 1.82) is 0 Å². The van der Waals surface area contributed by atoms with Crippen molar-refractivity contribution in [2.24, 2.45) is 0 Å². The standard InChI is InChI=1S/C58H46F6N2Si2/c1-67(2,3)45-21-17-43(18-22-45)65(57-49(31-41(61)33-51(57)63)37-9-7-11-39(59)29-37)53-27-15-35-14-26-48-54(28-16-36-13-25-47(53)55(35)56(36)48)66(44-19-23-46(24-20-44)68(4,5)6)58-50(32-42(62)34-52(58)64)38-10-8-12-40(60)30-38/h7-34H,1-6H3. The van der Waals surface area contributed by atoms with Crippen LogP contribution in [0, 0.1) is 34.9 Å². The van der Waals surface area contributed by atoms with E-state index in [4.69, 9.17) is 0 Å². The first kappa shape index (κ1) is 44.7. The zero-order chi connectivity index (χ0) is 47.8. The SMILES string of the molecule is C[Si](C)(C)c1ccc(N(c2c(F)cc(F)cc2-c2cccc(F)c2)c2ccc3ccc4c(N(c5ccc([Si](C)(C)C)cc5)c5c(F)cc(F)cc5-c5cccc(F)c5)ccc5ccc2c3c54)cc1. The topological polar surface area (TPSA) is 6.48 Å². The third-order valence-electron chi connectivity index (χ3n) is 12.9. The number of anilines is 6. The zero-order valence-electron chi connectivity index (χ0n) is 38.3. The Morgan fingerprint density at radius 2 is 0.721 bits per heavy atom. The molecule has 0 spiro atoms. The molecule has 0 unspecified atom stereocenters. The molecule has 0 saturated carbocycles. The maximum Gasteiger partial charge on any atom is 0.150 e. The number of benzene rings is 10. The molecule has 10 aromatic rings. The van der Waals surface area contributed by atoms with Crippen molar-refractivity contribution in [2.75, 3.05) is 9.80 Å². The molecule has 10 heteroatoms. The second-order valence-corrected chi connectivity index (χ2v) is 29.6. The Kier molecular flexibility index (Phi) is 11.1. The quantitative estimate of drug-likeness (QED) is 0.0766. The van der Waals surface area contributed by atoms with Gasteiger partial charge in [-0.1, -0.05) is 135 Å². The molecule has 0 aliphatic carbocycles. The van der Waals surface area contributed by atoms with Crippen LogP contribution in [0.15, 0.2) is 170 Å². The molecule has 10 rings (SSSR count). The fourth-order valence-corrected chi connectivity index (χ4v) is 11.8. The Bertz CT molecular complexity index is 3330. The van der Waals surface area contributed by atoms with Crippen molar-refractivity contribution in [3.05, 3.63) is 205 Å². The molecule has 0 aliphatic rings. The van der Waals surface area contributed by atoms with Crippen LogP contribution in [0.1, 0.15) is 0 Å². The molecule has 0 N–H and O–H groups in total. The van der Waals surface area contributed by atoms with Crippen molar-refractivity contribution < 1.29 is 26.3 Å². The average Bonchev–Trinajstić information content (AvgIpc) is 3.29. The van der Waals surface area contributed by atoms with Crippen LogP contribution < -0.4 is 20.2 Å². The summed E-state index contributed by atoms with van der Waals surface area (Å²) in [5, 5.41) is 7.25. The Hall–Kier alpha value is -7.15. The fourth-order valence-electron chi connectivity index (χ4n) is 9.50. The number of rotatable bonds is 10. The molecule has 2 nitrogen and oxygen atoms in total. The van der Waals surface area contributed by atoms with Gasteiger partial charge in [0.15, 0.2) is 11.6 Å². The third kappa shape index (κ3) is 8.01. The van der Waals surface area contributed by atoms with E-state index in [-0.39, 0.29) is 22.5 Å². The highest BCUT2D eigenvalue weighted by molar-refractivity contribution is 6.89. The normalized spacial score (nSPS) is 12.1. The molecule has 0 bridgehead atoms. The van der Waals surface area contributed by atoms with Crippen LogP contribution in [0.3, 0.4) is 0 Å². The van der Waals surface area contributed by atoms with Gasteiger partial charge in [0, 0.05) is 45.4 Å². The van der Waals surface area contributed by atoms with Crippen LogP contribution in [0.25, 0.3) is 54.6 Å². The number of halogens is 6. The molecule has 0 aromatic heterocycles. The molecule has 0 heterocycles. The van der Waals surface area contributed by atoms with Crippen molar-refractivity contribution in [1.82, 2.24) is 0 Å². The molecular weight excluding hydrogens is 895 g/mol. The van der Waals surface area contributed by atoms with Crippen LogP contribution in [-0.2, 0) is 0 Å². The third-order valence-corrected chi connectivity index (χ3v) is 17.0. The maximum atomic E-state index is 16.9. The van der Waals surface area contributed by atoms with E-state index in [1.54, 1.807) is 21.9 Å². The summed E-state index contributed by atoms with van der Waals surface area (Å²) in [7, 11) is -3.56. The molecule has 0 atom stereocenters. The molecule has 0 saturated heterocycles. The number of hydrogen-bond donors (Lipinski definition) is 0. The summed E-state index contributed by atoms with van der Waals surface area (Å²) < 4.78 is 94.4. The second-order valence-electron chi connectivity index (χ2n) is 19.4. The highest BCUT2D eigenvalue weighted by atomic mass is 28.3. The van der Waals surface area contributed by atoms with E-state index < -0.39 is 51.1 Å². The summed E-state index contributed by atoms with van der Waals surface area (Å²) in [6.07, 6.45) is 0. The summed E-state index contributed by atoms with van der Waals surface area (Å²) in [5.41, 5.74) is 3.38. The van der Waals surface area contributed by atoms with Gasteiger partial charge in [-0.25, -0.2) is 26.3 Å². The van der Waals surface area contributed by atoms with Crippen LogP contribution in [0.4, 0.5) is 60.5 Å². The van der Waals surface area contributed by atoms with E-state index in [9.17, 15) is 8.78 Å². The molecule has 0 radical (unpaired) electrons. The monoisotopic (exact) mass is 940 g/mol. The molecule has 0 aliphatic heterocycles. The van der Waals surface area contributed by atoms with Gasteiger partial charge >= 0.3 is 0 Å². The average molecular weight is 941 g/mol. The van der Waals surface area contributed by atoms with Gasteiger partial charge in [-0.3, -0.25) is 0 Å². The predicted molar refractivity (Wildman–Crippen MR) is 276 cm³/mol.